The minimum Gasteiger partial charge on any atom is -0.497 e. The van der Waals surface area contributed by atoms with Crippen molar-refractivity contribution in [3.63, 3.8) is 0 Å². The Morgan fingerprint density at radius 3 is 2.10 bits per heavy atom. The summed E-state index contributed by atoms with van der Waals surface area (Å²) in [6, 6.07) is 7.97. The summed E-state index contributed by atoms with van der Waals surface area (Å²) in [5, 5.41) is 6.40. The number of alkyl carbamates (subject to hydrolysis) is 1. The van der Waals surface area contributed by atoms with Gasteiger partial charge in [0.2, 0.25) is 0 Å². The van der Waals surface area contributed by atoms with Gasteiger partial charge >= 0.3 is 6.09 Å². The van der Waals surface area contributed by atoms with E-state index >= 15 is 0 Å². The molecule has 1 unspecified atom stereocenters. The Bertz CT molecular complexity index is 634. The summed E-state index contributed by atoms with van der Waals surface area (Å²) in [6.07, 6.45) is -0.557. The fourth-order valence-corrected chi connectivity index (χ4v) is 3.73. The molecule has 0 saturated carbocycles. The van der Waals surface area contributed by atoms with Crippen molar-refractivity contribution in [2.24, 2.45) is 0 Å². The number of benzene rings is 1. The van der Waals surface area contributed by atoms with Crippen LogP contribution in [0.4, 0.5) is 4.79 Å². The molecular formula is C22H40N2O4Si. The molecule has 7 heteroatoms. The van der Waals surface area contributed by atoms with Crippen LogP contribution in [0.2, 0.25) is 18.1 Å². The fourth-order valence-electron chi connectivity index (χ4n) is 2.38. The van der Waals surface area contributed by atoms with Gasteiger partial charge in [0.1, 0.15) is 11.4 Å². The SMILES string of the molecule is COc1ccc(CNCC(CNC(=O)OC(C)(C)C)O[Si](C)(C)C(C)(C)C)cc1. The molecule has 0 saturated heterocycles. The summed E-state index contributed by atoms with van der Waals surface area (Å²) < 4.78 is 17.1. The van der Waals surface area contributed by atoms with E-state index in [0.717, 1.165) is 11.3 Å². The zero-order chi connectivity index (χ0) is 22.3. The predicted octanol–water partition coefficient (Wildman–Crippen LogP) is 4.70. The maximum absolute atomic E-state index is 12.1. The number of hydrogen-bond acceptors (Lipinski definition) is 5. The van der Waals surface area contributed by atoms with Crippen molar-refractivity contribution in [2.75, 3.05) is 20.2 Å². The Labute approximate surface area is 177 Å². The molecule has 1 amide bonds. The molecule has 1 rings (SSSR count). The van der Waals surface area contributed by atoms with Gasteiger partial charge < -0.3 is 24.5 Å². The third-order valence-electron chi connectivity index (χ3n) is 5.00. The summed E-state index contributed by atoms with van der Waals surface area (Å²) >= 11 is 0. The van der Waals surface area contributed by atoms with Gasteiger partial charge in [0.15, 0.2) is 8.32 Å². The molecule has 2 N–H and O–H groups in total. The van der Waals surface area contributed by atoms with Crippen molar-refractivity contribution in [3.8, 4) is 5.75 Å². The number of nitrogens with one attached hydrogen (secondary N) is 2. The lowest BCUT2D eigenvalue weighted by atomic mass is 10.2. The number of rotatable bonds is 9. The van der Waals surface area contributed by atoms with Crippen molar-refractivity contribution in [2.45, 2.75) is 77.9 Å². The molecule has 0 heterocycles. The van der Waals surface area contributed by atoms with Gasteiger partial charge in [-0.05, 0) is 56.6 Å². The largest absolute Gasteiger partial charge is 0.497 e. The average molecular weight is 425 g/mol. The molecular weight excluding hydrogens is 384 g/mol. The van der Waals surface area contributed by atoms with Crippen LogP contribution in [0.15, 0.2) is 24.3 Å². The predicted molar refractivity (Wildman–Crippen MR) is 121 cm³/mol. The van der Waals surface area contributed by atoms with Crippen LogP contribution in [0.3, 0.4) is 0 Å². The van der Waals surface area contributed by atoms with Crippen LogP contribution in [-0.4, -0.2) is 46.3 Å². The molecule has 0 spiro atoms. The highest BCUT2D eigenvalue weighted by Gasteiger charge is 2.39. The van der Waals surface area contributed by atoms with E-state index in [1.807, 2.05) is 45.0 Å². The van der Waals surface area contributed by atoms with E-state index in [1.54, 1.807) is 7.11 Å². The number of hydrogen-bond donors (Lipinski definition) is 2. The van der Waals surface area contributed by atoms with Gasteiger partial charge in [0, 0.05) is 19.6 Å². The van der Waals surface area contributed by atoms with Crippen LogP contribution in [0.5, 0.6) is 5.75 Å². The van der Waals surface area contributed by atoms with Crippen LogP contribution in [0, 0.1) is 0 Å². The van der Waals surface area contributed by atoms with E-state index in [4.69, 9.17) is 13.9 Å². The first-order valence-electron chi connectivity index (χ1n) is 10.2. The number of carbonyl (C=O) groups is 1. The highest BCUT2D eigenvalue weighted by Crippen LogP contribution is 2.37. The van der Waals surface area contributed by atoms with Gasteiger partial charge in [-0.15, -0.1) is 0 Å². The summed E-state index contributed by atoms with van der Waals surface area (Å²) in [5.41, 5.74) is 0.643. The second kappa shape index (κ2) is 10.5. The van der Waals surface area contributed by atoms with E-state index < -0.39 is 20.0 Å². The standard InChI is InChI=1S/C22H40N2O4Si/c1-21(2,3)27-20(25)24-16-19(28-29(8,9)22(4,5)6)15-23-14-17-10-12-18(26-7)13-11-17/h10-13,19,23H,14-16H2,1-9H3,(H,24,25). The normalized spacial score (nSPS) is 13.7. The highest BCUT2D eigenvalue weighted by molar-refractivity contribution is 6.74. The summed E-state index contributed by atoms with van der Waals surface area (Å²) in [6.45, 7) is 18.4. The molecule has 0 fully saturated rings. The van der Waals surface area contributed by atoms with Crippen molar-refractivity contribution >= 4 is 14.4 Å². The van der Waals surface area contributed by atoms with E-state index in [-0.39, 0.29) is 11.1 Å². The Kier molecular flexibility index (Phi) is 9.18. The molecule has 0 aliphatic carbocycles. The van der Waals surface area contributed by atoms with E-state index in [2.05, 4.69) is 44.5 Å². The van der Waals surface area contributed by atoms with Gasteiger partial charge in [-0.1, -0.05) is 32.9 Å². The Morgan fingerprint density at radius 2 is 1.62 bits per heavy atom. The van der Waals surface area contributed by atoms with Gasteiger partial charge in [-0.3, -0.25) is 0 Å². The smallest absolute Gasteiger partial charge is 0.407 e. The van der Waals surface area contributed by atoms with Crippen LogP contribution < -0.4 is 15.4 Å². The fraction of sp³-hybridized carbons (Fsp3) is 0.682. The molecule has 0 bridgehead atoms. The van der Waals surface area contributed by atoms with Crippen molar-refractivity contribution in [1.82, 2.24) is 10.6 Å². The van der Waals surface area contributed by atoms with Gasteiger partial charge in [-0.2, -0.15) is 0 Å². The molecule has 0 aromatic heterocycles. The van der Waals surface area contributed by atoms with Gasteiger partial charge in [0.05, 0.1) is 13.2 Å². The highest BCUT2D eigenvalue weighted by atomic mass is 28.4. The maximum atomic E-state index is 12.1. The van der Waals surface area contributed by atoms with Crippen LogP contribution >= 0.6 is 0 Å². The van der Waals surface area contributed by atoms with Crippen LogP contribution in [0.1, 0.15) is 47.1 Å². The lowest BCUT2D eigenvalue weighted by Gasteiger charge is -2.39. The molecule has 6 nitrogen and oxygen atoms in total. The first kappa shape index (κ1) is 25.5. The summed E-state index contributed by atoms with van der Waals surface area (Å²) in [5.74, 6) is 0.842. The quantitative estimate of drug-likeness (QED) is 0.562. The zero-order valence-corrected chi connectivity index (χ0v) is 20.6. The van der Waals surface area contributed by atoms with Gasteiger partial charge in [-0.25, -0.2) is 4.79 Å². The Balaban J connectivity index is 2.69. The minimum atomic E-state index is -1.98. The van der Waals surface area contributed by atoms with E-state index in [1.165, 1.54) is 0 Å². The van der Waals surface area contributed by atoms with E-state index in [0.29, 0.717) is 19.6 Å². The molecule has 166 valence electrons. The molecule has 1 atom stereocenters. The molecule has 0 radical (unpaired) electrons. The lowest BCUT2D eigenvalue weighted by molar-refractivity contribution is 0.0496. The molecule has 0 aliphatic rings. The molecule has 29 heavy (non-hydrogen) atoms. The number of carbonyl (C=O) groups excluding carboxylic acids is 1. The van der Waals surface area contributed by atoms with Crippen LogP contribution in [-0.2, 0) is 15.7 Å². The molecule has 0 aliphatic heterocycles. The third-order valence-corrected chi connectivity index (χ3v) is 9.54. The molecule has 1 aromatic carbocycles. The monoisotopic (exact) mass is 424 g/mol. The second-order valence-electron chi connectivity index (χ2n) is 9.86. The first-order chi connectivity index (χ1) is 13.2. The van der Waals surface area contributed by atoms with E-state index in [9.17, 15) is 4.79 Å². The topological polar surface area (TPSA) is 68.8 Å². The first-order valence-corrected chi connectivity index (χ1v) is 13.1. The van der Waals surface area contributed by atoms with Crippen LogP contribution in [0.25, 0.3) is 0 Å². The average Bonchev–Trinajstić information content (AvgIpc) is 2.57. The Hall–Kier alpha value is -1.57. The lowest BCUT2D eigenvalue weighted by Crippen LogP contribution is -2.50. The van der Waals surface area contributed by atoms with Crippen molar-refractivity contribution in [1.29, 1.82) is 0 Å². The third kappa shape index (κ3) is 9.65. The summed E-state index contributed by atoms with van der Waals surface area (Å²) in [7, 11) is -0.317. The minimum absolute atomic E-state index is 0.0904. The number of methoxy groups -OCH3 is 1. The van der Waals surface area contributed by atoms with Gasteiger partial charge in [0.25, 0.3) is 0 Å². The van der Waals surface area contributed by atoms with Crippen molar-refractivity contribution < 1.29 is 18.7 Å². The summed E-state index contributed by atoms with van der Waals surface area (Å²) in [4.78, 5) is 12.1. The number of amides is 1. The second-order valence-corrected chi connectivity index (χ2v) is 14.6. The maximum Gasteiger partial charge on any atom is 0.407 e. The zero-order valence-electron chi connectivity index (χ0n) is 19.6. The van der Waals surface area contributed by atoms with Crippen molar-refractivity contribution in [3.05, 3.63) is 29.8 Å². The Morgan fingerprint density at radius 1 is 1.03 bits per heavy atom. The number of ether oxygens (including phenoxy) is 2. The molecule has 1 aromatic rings.